The van der Waals surface area contributed by atoms with E-state index in [1.54, 1.807) is 0 Å². The zero-order valence-corrected chi connectivity index (χ0v) is 46.9. The highest BCUT2D eigenvalue weighted by molar-refractivity contribution is 5.71. The van der Waals surface area contributed by atoms with Crippen LogP contribution in [-0.4, -0.2) is 37.2 Å². The highest BCUT2D eigenvalue weighted by Gasteiger charge is 2.19. The molecule has 0 aromatic rings. The lowest BCUT2D eigenvalue weighted by atomic mass is 10.0. The minimum Gasteiger partial charge on any atom is -0.462 e. The molecule has 0 aromatic heterocycles. The fraction of sp³-hybridized carbons (Fsp3) is 0.921. The quantitative estimate of drug-likeness (QED) is 0.0261. The van der Waals surface area contributed by atoms with Crippen molar-refractivity contribution in [3.05, 3.63) is 12.2 Å². The molecule has 6 heteroatoms. The summed E-state index contributed by atoms with van der Waals surface area (Å²) in [6, 6.07) is 0. The Morgan fingerprint density at radius 3 is 0.725 bits per heavy atom. The number of esters is 3. The fourth-order valence-electron chi connectivity index (χ4n) is 9.56. The minimum absolute atomic E-state index is 0.0652. The van der Waals surface area contributed by atoms with Gasteiger partial charge < -0.3 is 14.2 Å². The van der Waals surface area contributed by atoms with Gasteiger partial charge in [-0.2, -0.15) is 0 Å². The van der Waals surface area contributed by atoms with Gasteiger partial charge in [-0.25, -0.2) is 0 Å². The Kier molecular flexibility index (Phi) is 57.1. The van der Waals surface area contributed by atoms with Gasteiger partial charge in [-0.3, -0.25) is 14.4 Å². The van der Waals surface area contributed by atoms with Crippen molar-refractivity contribution in [2.24, 2.45) is 0 Å². The lowest BCUT2D eigenvalue weighted by molar-refractivity contribution is -0.167. The third kappa shape index (κ3) is 56.9. The van der Waals surface area contributed by atoms with Crippen LogP contribution in [-0.2, 0) is 28.6 Å². The standard InChI is InChI=1S/C63H120O6/c1-4-7-10-13-16-18-20-22-24-26-28-30-32-34-35-37-39-41-43-45-47-50-53-56-62(65)68-59-60(58-67-61(64)55-52-49-15-12-9-6-3)69-63(66)57-54-51-48-46-44-42-40-38-36-33-31-29-27-25-23-21-19-17-14-11-8-5-2/h26,28,60H,4-25,27,29-59H2,1-3H3/b28-26-. The second kappa shape index (κ2) is 58.7. The van der Waals surface area contributed by atoms with Crippen molar-refractivity contribution in [2.45, 2.75) is 361 Å². The third-order valence-corrected chi connectivity index (χ3v) is 14.3. The molecule has 1 unspecified atom stereocenters. The Morgan fingerprint density at radius 1 is 0.275 bits per heavy atom. The fourth-order valence-corrected chi connectivity index (χ4v) is 9.56. The van der Waals surface area contributed by atoms with Crippen LogP contribution in [0.3, 0.4) is 0 Å². The van der Waals surface area contributed by atoms with Gasteiger partial charge >= 0.3 is 17.9 Å². The number of unbranched alkanes of at least 4 members (excludes halogenated alkanes) is 45. The van der Waals surface area contributed by atoms with Gasteiger partial charge in [-0.05, 0) is 44.9 Å². The minimum atomic E-state index is -0.763. The van der Waals surface area contributed by atoms with E-state index >= 15 is 0 Å². The normalized spacial score (nSPS) is 12.0. The summed E-state index contributed by atoms with van der Waals surface area (Å²) in [4.78, 5) is 38.0. The maximum absolute atomic E-state index is 12.8. The SMILES string of the molecule is CCCCCCCCCC/C=C\CCCCCCCCCCCCCC(=O)OCC(COC(=O)CCCCCCCC)OC(=O)CCCCCCCCCCCCCCCCCCCCCCCC. The zero-order valence-electron chi connectivity index (χ0n) is 46.9. The summed E-state index contributed by atoms with van der Waals surface area (Å²) in [5.41, 5.74) is 0. The molecular weight excluding hydrogens is 853 g/mol. The molecule has 0 amide bonds. The zero-order chi connectivity index (χ0) is 50.0. The van der Waals surface area contributed by atoms with E-state index < -0.39 is 6.10 Å². The topological polar surface area (TPSA) is 78.9 Å². The van der Waals surface area contributed by atoms with Crippen molar-refractivity contribution < 1.29 is 28.6 Å². The summed E-state index contributed by atoms with van der Waals surface area (Å²) >= 11 is 0. The summed E-state index contributed by atoms with van der Waals surface area (Å²) in [6.07, 6.45) is 68.3. The first-order chi connectivity index (χ1) is 34.0. The van der Waals surface area contributed by atoms with Crippen molar-refractivity contribution in [1.82, 2.24) is 0 Å². The maximum Gasteiger partial charge on any atom is 0.306 e. The largest absolute Gasteiger partial charge is 0.462 e. The first-order valence-electron chi connectivity index (χ1n) is 31.2. The number of hydrogen-bond donors (Lipinski definition) is 0. The molecule has 0 saturated carbocycles. The average molecular weight is 974 g/mol. The number of carbonyl (C=O) groups is 3. The number of hydrogen-bond acceptors (Lipinski definition) is 6. The molecular formula is C63H120O6. The molecule has 0 aliphatic rings. The Balaban J connectivity index is 4.04. The van der Waals surface area contributed by atoms with Crippen molar-refractivity contribution in [3.63, 3.8) is 0 Å². The Morgan fingerprint density at radius 2 is 0.478 bits per heavy atom. The van der Waals surface area contributed by atoms with E-state index in [1.807, 2.05) is 0 Å². The summed E-state index contributed by atoms with van der Waals surface area (Å²) in [6.45, 7) is 6.65. The first kappa shape index (κ1) is 67.1. The van der Waals surface area contributed by atoms with E-state index in [4.69, 9.17) is 14.2 Å². The average Bonchev–Trinajstić information content (AvgIpc) is 3.35. The van der Waals surface area contributed by atoms with E-state index in [1.165, 1.54) is 257 Å². The lowest BCUT2D eigenvalue weighted by Crippen LogP contribution is -2.30. The van der Waals surface area contributed by atoms with E-state index in [0.717, 1.165) is 57.8 Å². The van der Waals surface area contributed by atoms with Gasteiger partial charge in [0.05, 0.1) is 0 Å². The van der Waals surface area contributed by atoms with Crippen molar-refractivity contribution in [3.8, 4) is 0 Å². The molecule has 0 heterocycles. The molecule has 408 valence electrons. The van der Waals surface area contributed by atoms with Crippen LogP contribution < -0.4 is 0 Å². The number of rotatable bonds is 58. The molecule has 6 nitrogen and oxygen atoms in total. The van der Waals surface area contributed by atoms with Crippen LogP contribution in [0, 0.1) is 0 Å². The second-order valence-corrected chi connectivity index (χ2v) is 21.3. The van der Waals surface area contributed by atoms with E-state index in [-0.39, 0.29) is 31.1 Å². The molecule has 0 rings (SSSR count). The number of allylic oxidation sites excluding steroid dienone is 2. The second-order valence-electron chi connectivity index (χ2n) is 21.3. The van der Waals surface area contributed by atoms with Gasteiger partial charge in [-0.1, -0.05) is 303 Å². The summed E-state index contributed by atoms with van der Waals surface area (Å²) in [5.74, 6) is -0.850. The third-order valence-electron chi connectivity index (χ3n) is 14.3. The molecule has 0 bridgehead atoms. The van der Waals surface area contributed by atoms with Gasteiger partial charge in [-0.15, -0.1) is 0 Å². The maximum atomic E-state index is 12.8. The van der Waals surface area contributed by atoms with Gasteiger partial charge in [0.1, 0.15) is 13.2 Å². The van der Waals surface area contributed by atoms with Crippen LogP contribution in [0.25, 0.3) is 0 Å². The first-order valence-corrected chi connectivity index (χ1v) is 31.2. The van der Waals surface area contributed by atoms with Crippen molar-refractivity contribution in [2.75, 3.05) is 13.2 Å². The van der Waals surface area contributed by atoms with Crippen molar-refractivity contribution in [1.29, 1.82) is 0 Å². The monoisotopic (exact) mass is 973 g/mol. The lowest BCUT2D eigenvalue weighted by Gasteiger charge is -2.18. The molecule has 0 aliphatic heterocycles. The number of ether oxygens (including phenoxy) is 3. The molecule has 0 aliphatic carbocycles. The Hall–Kier alpha value is -1.85. The molecule has 69 heavy (non-hydrogen) atoms. The molecule has 0 fully saturated rings. The van der Waals surface area contributed by atoms with Crippen LogP contribution in [0.1, 0.15) is 355 Å². The predicted molar refractivity (Wildman–Crippen MR) is 298 cm³/mol. The number of carbonyl (C=O) groups excluding carboxylic acids is 3. The van der Waals surface area contributed by atoms with Crippen molar-refractivity contribution >= 4 is 17.9 Å². The molecule has 0 saturated heterocycles. The van der Waals surface area contributed by atoms with E-state index in [2.05, 4.69) is 32.9 Å². The molecule has 0 radical (unpaired) electrons. The van der Waals surface area contributed by atoms with Gasteiger partial charge in [0, 0.05) is 19.3 Å². The predicted octanol–water partition coefficient (Wildman–Crippen LogP) is 20.9. The van der Waals surface area contributed by atoms with Gasteiger partial charge in [0.2, 0.25) is 0 Å². The molecule has 1 atom stereocenters. The highest BCUT2D eigenvalue weighted by atomic mass is 16.6. The van der Waals surface area contributed by atoms with Crippen LogP contribution >= 0.6 is 0 Å². The van der Waals surface area contributed by atoms with E-state index in [9.17, 15) is 14.4 Å². The molecule has 0 N–H and O–H groups in total. The summed E-state index contributed by atoms with van der Waals surface area (Å²) in [7, 11) is 0. The van der Waals surface area contributed by atoms with Crippen LogP contribution in [0.15, 0.2) is 12.2 Å². The Bertz CT molecular complexity index is 1070. The smallest absolute Gasteiger partial charge is 0.306 e. The summed E-state index contributed by atoms with van der Waals surface area (Å²) < 4.78 is 16.8. The molecule has 0 spiro atoms. The van der Waals surface area contributed by atoms with Gasteiger partial charge in [0.15, 0.2) is 6.10 Å². The summed E-state index contributed by atoms with van der Waals surface area (Å²) in [5, 5.41) is 0. The van der Waals surface area contributed by atoms with Gasteiger partial charge in [0.25, 0.3) is 0 Å². The van der Waals surface area contributed by atoms with Crippen LogP contribution in [0.2, 0.25) is 0 Å². The van der Waals surface area contributed by atoms with Crippen LogP contribution in [0.5, 0.6) is 0 Å². The van der Waals surface area contributed by atoms with Crippen LogP contribution in [0.4, 0.5) is 0 Å². The molecule has 0 aromatic carbocycles. The Labute approximate surface area is 431 Å². The van der Waals surface area contributed by atoms with E-state index in [0.29, 0.717) is 19.3 Å². The highest BCUT2D eigenvalue weighted by Crippen LogP contribution is 2.18.